The zero-order valence-corrected chi connectivity index (χ0v) is 17.5. The molecule has 2 N–H and O–H groups in total. The molecule has 1 heterocycles. The van der Waals surface area contributed by atoms with Gasteiger partial charge in [0.25, 0.3) is 0 Å². The highest BCUT2D eigenvalue weighted by Gasteiger charge is 2.35. The van der Waals surface area contributed by atoms with Crippen LogP contribution in [0.2, 0.25) is 0 Å². The Morgan fingerprint density at radius 2 is 1.56 bits per heavy atom. The summed E-state index contributed by atoms with van der Waals surface area (Å²) in [5.41, 5.74) is 3.02. The Morgan fingerprint density at radius 1 is 0.889 bits per heavy atom. The van der Waals surface area contributed by atoms with E-state index in [0.29, 0.717) is 12.2 Å². The first kappa shape index (κ1) is 18.5. The van der Waals surface area contributed by atoms with Crippen LogP contribution in [0.25, 0.3) is 0 Å². The van der Waals surface area contributed by atoms with Gasteiger partial charge >= 0.3 is 0 Å². The van der Waals surface area contributed by atoms with Gasteiger partial charge in [0.1, 0.15) is 5.75 Å². The number of rotatable bonds is 3. The predicted molar refractivity (Wildman–Crippen MR) is 114 cm³/mol. The molecule has 0 spiro atoms. The first-order valence-corrected chi connectivity index (χ1v) is 11.9. The predicted octanol–water partition coefficient (Wildman–Crippen LogP) is 5.92. The molecule has 0 bridgehead atoms. The van der Waals surface area contributed by atoms with Crippen LogP contribution >= 0.6 is 21.8 Å². The zero-order chi connectivity index (χ0) is 19.2. The number of hydrogen-bond donors (Lipinski definition) is 2. The van der Waals surface area contributed by atoms with Crippen LogP contribution in [0.5, 0.6) is 5.75 Å². The fraction of sp³-hybridized carbons (Fsp3) is 0.217. The minimum atomic E-state index is -1.43. The third-order valence-corrected chi connectivity index (χ3v) is 10.3. The molecule has 4 heteroatoms. The normalized spacial score (nSPS) is 20.4. The summed E-state index contributed by atoms with van der Waals surface area (Å²) in [6.07, 6.45) is 3.04. The van der Waals surface area contributed by atoms with Crippen LogP contribution in [-0.2, 0) is 6.42 Å². The van der Waals surface area contributed by atoms with Crippen molar-refractivity contribution >= 4 is 21.8 Å². The van der Waals surface area contributed by atoms with Gasteiger partial charge in [-0.3, -0.25) is 0 Å². The molecule has 3 aromatic carbocycles. The molecule has 140 valence electrons. The third kappa shape index (κ3) is 2.96. The monoisotopic (exact) mass is 396 g/mol. The second-order valence-electron chi connectivity index (χ2n) is 7.13. The van der Waals surface area contributed by atoms with Gasteiger partial charge in [0.15, 0.2) is 0 Å². The molecule has 0 saturated carbocycles. The molecule has 0 saturated heterocycles. The number of aliphatic hydroxyl groups excluding tert-OH is 1. The average Bonchev–Trinajstić information content (AvgIpc) is 2.66. The minimum absolute atomic E-state index is 0.167. The summed E-state index contributed by atoms with van der Waals surface area (Å²) < 4.78 is 0. The van der Waals surface area contributed by atoms with Crippen molar-refractivity contribution in [2.45, 2.75) is 44.7 Å². The van der Waals surface area contributed by atoms with Crippen molar-refractivity contribution in [3.8, 4) is 5.75 Å². The van der Waals surface area contributed by atoms with E-state index in [0.717, 1.165) is 11.1 Å². The molecule has 0 radical (unpaired) electrons. The Bertz CT molecular complexity index is 1010. The summed E-state index contributed by atoms with van der Waals surface area (Å²) in [6.45, 7) is 4.12. The van der Waals surface area contributed by atoms with Gasteiger partial charge < -0.3 is 10.2 Å². The number of phenolic OH excluding ortho intramolecular Hbond substituents is 1. The fourth-order valence-corrected chi connectivity index (χ4v) is 9.14. The number of aromatic hydroxyl groups is 1. The van der Waals surface area contributed by atoms with Gasteiger partial charge in [-0.15, -0.1) is 0 Å². The van der Waals surface area contributed by atoms with Gasteiger partial charge in [0, 0.05) is 26.2 Å². The van der Waals surface area contributed by atoms with Gasteiger partial charge in [-0.1, -0.05) is 30.0 Å². The van der Waals surface area contributed by atoms with Crippen LogP contribution in [0.4, 0.5) is 0 Å². The Hall–Kier alpha value is -1.88. The number of fused-ring (bicyclic) bond motifs is 2. The van der Waals surface area contributed by atoms with E-state index in [1.165, 1.54) is 30.0 Å². The van der Waals surface area contributed by atoms with E-state index in [2.05, 4.69) is 60.9 Å². The lowest BCUT2D eigenvalue weighted by Gasteiger charge is -2.43. The summed E-state index contributed by atoms with van der Waals surface area (Å²) >= 11 is 1.82. The lowest BCUT2D eigenvalue weighted by Crippen LogP contribution is -2.09. The maximum Gasteiger partial charge on any atom is 0.121 e. The zero-order valence-electron chi connectivity index (χ0n) is 15.8. The molecule has 2 nitrogen and oxygen atoms in total. The molecule has 0 amide bonds. The minimum Gasteiger partial charge on any atom is -0.507 e. The van der Waals surface area contributed by atoms with Gasteiger partial charge in [0.2, 0.25) is 0 Å². The van der Waals surface area contributed by atoms with Crippen LogP contribution in [0.1, 0.15) is 16.7 Å². The molecule has 0 fully saturated rings. The van der Waals surface area contributed by atoms with Crippen LogP contribution < -0.4 is 0 Å². The highest BCUT2D eigenvalue weighted by molar-refractivity contribution is 8.34. The van der Waals surface area contributed by atoms with Gasteiger partial charge in [0.05, 0.1) is 0 Å². The van der Waals surface area contributed by atoms with Crippen LogP contribution in [-0.4, -0.2) is 23.1 Å². The topological polar surface area (TPSA) is 40.5 Å². The first-order valence-electron chi connectivity index (χ1n) is 9.04. The number of aryl methyl sites for hydroxylation is 2. The molecule has 1 unspecified atom stereocenters. The Kier molecular flexibility index (Phi) is 4.75. The van der Waals surface area contributed by atoms with Gasteiger partial charge in [-0.05, 0) is 84.5 Å². The third-order valence-electron chi connectivity index (χ3n) is 5.29. The Balaban J connectivity index is 2.00. The first-order chi connectivity index (χ1) is 12.9. The van der Waals surface area contributed by atoms with Crippen molar-refractivity contribution < 1.29 is 10.2 Å². The van der Waals surface area contributed by atoms with E-state index in [9.17, 15) is 10.2 Å². The maximum atomic E-state index is 10.3. The van der Waals surface area contributed by atoms with E-state index in [1.54, 1.807) is 0 Å². The standard InChI is InChI=1S/C23H24O2S2/c1-15-12-18(13-16(2)23(15)25)27(3)21-7-5-4-6-19(21)26-20-14-17(10-11-24)8-9-22(20)27/h4-9,12-14,24-25H,10-11H2,1-3H3. The molecule has 1 aliphatic rings. The van der Waals surface area contributed by atoms with E-state index in [1.807, 2.05) is 25.6 Å². The molecule has 1 aliphatic heterocycles. The highest BCUT2D eigenvalue weighted by Crippen LogP contribution is 2.72. The summed E-state index contributed by atoms with van der Waals surface area (Å²) in [4.78, 5) is 6.59. The molecular formula is C23H24O2S2. The van der Waals surface area contributed by atoms with E-state index in [-0.39, 0.29) is 6.61 Å². The van der Waals surface area contributed by atoms with Crippen molar-refractivity contribution in [2.75, 3.05) is 12.9 Å². The lowest BCUT2D eigenvalue weighted by molar-refractivity contribution is 0.299. The molecule has 0 aromatic heterocycles. The lowest BCUT2D eigenvalue weighted by atomic mass is 10.1. The van der Waals surface area contributed by atoms with Crippen molar-refractivity contribution in [3.63, 3.8) is 0 Å². The van der Waals surface area contributed by atoms with Crippen LogP contribution in [0.15, 0.2) is 79.1 Å². The van der Waals surface area contributed by atoms with Crippen LogP contribution in [0, 0.1) is 13.8 Å². The summed E-state index contributed by atoms with van der Waals surface area (Å²) in [7, 11) is -1.43. The van der Waals surface area contributed by atoms with Crippen molar-refractivity contribution in [2.24, 2.45) is 0 Å². The van der Waals surface area contributed by atoms with E-state index >= 15 is 0 Å². The Labute approximate surface area is 166 Å². The smallest absolute Gasteiger partial charge is 0.121 e. The summed E-state index contributed by atoms with van der Waals surface area (Å²) in [5.74, 6) is 0.388. The second-order valence-corrected chi connectivity index (χ2v) is 11.4. The number of aliphatic hydroxyl groups is 1. The average molecular weight is 397 g/mol. The molecule has 0 aliphatic carbocycles. The molecule has 27 heavy (non-hydrogen) atoms. The number of hydrogen-bond acceptors (Lipinski definition) is 3. The molecule has 4 rings (SSSR count). The summed E-state index contributed by atoms with van der Waals surface area (Å²) in [5, 5.41) is 19.6. The molecule has 3 aromatic rings. The fourth-order valence-electron chi connectivity index (χ4n) is 3.77. The molecule has 1 atom stereocenters. The van der Waals surface area contributed by atoms with E-state index in [4.69, 9.17) is 0 Å². The SMILES string of the molecule is Cc1cc(S2(C)c3ccccc3Sc3cc(CCO)ccc32)cc(C)c1O. The van der Waals surface area contributed by atoms with Gasteiger partial charge in [-0.25, -0.2) is 0 Å². The second kappa shape index (κ2) is 6.93. The maximum absolute atomic E-state index is 10.3. The quantitative estimate of drug-likeness (QED) is 0.577. The highest BCUT2D eigenvalue weighted by atomic mass is 32.3. The number of benzene rings is 3. The van der Waals surface area contributed by atoms with Gasteiger partial charge in [-0.2, -0.15) is 10.0 Å². The molecular weight excluding hydrogens is 372 g/mol. The summed E-state index contributed by atoms with van der Waals surface area (Å²) in [6, 6.07) is 19.6. The van der Waals surface area contributed by atoms with Crippen molar-refractivity contribution in [3.05, 3.63) is 71.3 Å². The largest absolute Gasteiger partial charge is 0.507 e. The van der Waals surface area contributed by atoms with E-state index < -0.39 is 10.0 Å². The van der Waals surface area contributed by atoms with Crippen molar-refractivity contribution in [1.82, 2.24) is 0 Å². The van der Waals surface area contributed by atoms with Crippen LogP contribution in [0.3, 0.4) is 0 Å². The Morgan fingerprint density at radius 3 is 2.26 bits per heavy atom. The number of phenols is 1. The van der Waals surface area contributed by atoms with Crippen molar-refractivity contribution in [1.29, 1.82) is 0 Å².